The van der Waals surface area contributed by atoms with Crippen molar-refractivity contribution in [3.05, 3.63) is 73.8 Å². The molecule has 0 saturated heterocycles. The minimum Gasteiger partial charge on any atom is -0.481 e. The van der Waals surface area contributed by atoms with Crippen molar-refractivity contribution in [3.8, 4) is 22.2 Å². The van der Waals surface area contributed by atoms with E-state index in [9.17, 15) is 15.2 Å². The summed E-state index contributed by atoms with van der Waals surface area (Å²) >= 11 is 3.06. The zero-order valence-corrected chi connectivity index (χ0v) is 20.7. The zero-order valence-electron chi connectivity index (χ0n) is 19.0. The molecule has 34 heavy (non-hydrogen) atoms. The smallest absolute Gasteiger partial charge is 0.308 e. The third-order valence-electron chi connectivity index (χ3n) is 6.29. The van der Waals surface area contributed by atoms with Crippen LogP contribution in [0.1, 0.15) is 51.1 Å². The van der Waals surface area contributed by atoms with Gasteiger partial charge in [0.1, 0.15) is 27.8 Å². The number of fused-ring (bicyclic) bond motifs is 3. The van der Waals surface area contributed by atoms with Crippen LogP contribution < -0.4 is 0 Å². The van der Waals surface area contributed by atoms with Crippen molar-refractivity contribution in [1.82, 2.24) is 14.8 Å². The first-order chi connectivity index (χ1) is 16.3. The molecule has 3 aromatic heterocycles. The number of aryl methyl sites for hydroxylation is 2. The fourth-order valence-corrected chi connectivity index (χ4v) is 6.17. The van der Waals surface area contributed by atoms with Crippen molar-refractivity contribution in [3.63, 3.8) is 0 Å². The summed E-state index contributed by atoms with van der Waals surface area (Å²) in [4.78, 5) is 18.9. The summed E-state index contributed by atoms with van der Waals surface area (Å²) in [5.41, 5.74) is 5.58. The fraction of sp³-hybridized carbons (Fsp3) is 0.240. The van der Waals surface area contributed by atoms with E-state index in [1.54, 1.807) is 18.3 Å². The van der Waals surface area contributed by atoms with Crippen LogP contribution in [0.5, 0.6) is 0 Å². The molecule has 1 aromatic carbocycles. The van der Waals surface area contributed by atoms with E-state index in [4.69, 9.17) is 4.99 Å². The van der Waals surface area contributed by atoms with E-state index < -0.39 is 17.9 Å². The van der Waals surface area contributed by atoms with E-state index >= 15 is 0 Å². The molecule has 0 fully saturated rings. The van der Waals surface area contributed by atoms with Gasteiger partial charge in [0.2, 0.25) is 0 Å². The lowest BCUT2D eigenvalue weighted by molar-refractivity contribution is -0.141. The second kappa shape index (κ2) is 8.31. The maximum Gasteiger partial charge on any atom is 0.308 e. The van der Waals surface area contributed by atoms with Gasteiger partial charge in [0.05, 0.1) is 11.6 Å². The molecule has 0 spiro atoms. The number of nitrogens with zero attached hydrogens (tertiary/aromatic N) is 5. The molecule has 0 saturated carbocycles. The van der Waals surface area contributed by atoms with Crippen molar-refractivity contribution >= 4 is 34.4 Å². The highest BCUT2D eigenvalue weighted by Crippen LogP contribution is 2.41. The monoisotopic (exact) mass is 487 g/mol. The number of carboxylic acids is 1. The van der Waals surface area contributed by atoms with Crippen LogP contribution in [-0.4, -0.2) is 31.6 Å². The predicted molar refractivity (Wildman–Crippen MR) is 133 cm³/mol. The number of aliphatic imine (C=N–C) groups is 1. The van der Waals surface area contributed by atoms with Gasteiger partial charge in [-0.05, 0) is 50.3 Å². The maximum absolute atomic E-state index is 12.0. The highest BCUT2D eigenvalue weighted by atomic mass is 32.1. The standard InChI is InChI=1S/C25H21N5O2S2/c1-12-14(3)34-24-20(12)22(17-7-5-16(6-8-17)18-9-10-33-19(18)11-26)27-21(13(2)25(31)32)23-29-28-15(4)30(23)24/h5-10,13,21H,1-4H3,(H,31,32)/t13?,21-/m0/s1. The fourth-order valence-electron chi connectivity index (χ4n) is 4.25. The van der Waals surface area contributed by atoms with Crippen LogP contribution >= 0.6 is 22.7 Å². The number of aliphatic carboxylic acids is 1. The van der Waals surface area contributed by atoms with E-state index in [1.165, 1.54) is 11.3 Å². The van der Waals surface area contributed by atoms with Crippen LogP contribution in [0.25, 0.3) is 16.1 Å². The molecule has 2 atom stereocenters. The first-order valence-corrected chi connectivity index (χ1v) is 12.4. The summed E-state index contributed by atoms with van der Waals surface area (Å²) in [5.74, 6) is -0.474. The van der Waals surface area contributed by atoms with E-state index in [2.05, 4.69) is 30.1 Å². The van der Waals surface area contributed by atoms with Crippen molar-refractivity contribution in [2.45, 2.75) is 33.7 Å². The van der Waals surface area contributed by atoms with Gasteiger partial charge in [0.25, 0.3) is 0 Å². The third kappa shape index (κ3) is 3.38. The maximum atomic E-state index is 12.0. The third-order valence-corrected chi connectivity index (χ3v) is 8.30. The number of benzene rings is 1. The Morgan fingerprint density at radius 1 is 1.15 bits per heavy atom. The second-order valence-corrected chi connectivity index (χ2v) is 10.4. The van der Waals surface area contributed by atoms with Crippen LogP contribution in [0.3, 0.4) is 0 Å². The Labute approximate surface area is 204 Å². The molecule has 1 unspecified atom stereocenters. The molecule has 170 valence electrons. The molecule has 7 nitrogen and oxygen atoms in total. The lowest BCUT2D eigenvalue weighted by Gasteiger charge is -2.16. The number of hydrogen-bond donors (Lipinski definition) is 1. The quantitative estimate of drug-likeness (QED) is 0.411. The molecule has 0 amide bonds. The normalized spacial score (nSPS) is 15.6. The van der Waals surface area contributed by atoms with Gasteiger partial charge in [-0.25, -0.2) is 0 Å². The summed E-state index contributed by atoms with van der Waals surface area (Å²) in [6.07, 6.45) is 0. The van der Waals surface area contributed by atoms with E-state index in [0.717, 1.165) is 43.4 Å². The molecule has 1 N–H and O–H groups in total. The van der Waals surface area contributed by atoms with Gasteiger partial charge in [-0.2, -0.15) is 5.26 Å². The van der Waals surface area contributed by atoms with Gasteiger partial charge in [0.15, 0.2) is 5.82 Å². The lowest BCUT2D eigenvalue weighted by atomic mass is 9.96. The lowest BCUT2D eigenvalue weighted by Crippen LogP contribution is -2.21. The van der Waals surface area contributed by atoms with Gasteiger partial charge in [0, 0.05) is 21.6 Å². The molecule has 4 heterocycles. The average molecular weight is 488 g/mol. The van der Waals surface area contributed by atoms with Crippen LogP contribution in [0, 0.1) is 38.0 Å². The number of aromatic nitrogens is 3. The predicted octanol–water partition coefficient (Wildman–Crippen LogP) is 5.47. The van der Waals surface area contributed by atoms with Crippen LogP contribution in [0.4, 0.5) is 0 Å². The van der Waals surface area contributed by atoms with Gasteiger partial charge in [-0.1, -0.05) is 24.3 Å². The van der Waals surface area contributed by atoms with Crippen molar-refractivity contribution in [2.24, 2.45) is 10.9 Å². The first-order valence-electron chi connectivity index (χ1n) is 10.7. The number of thiophene rings is 2. The number of carboxylic acid groups (broad SMARTS) is 1. The van der Waals surface area contributed by atoms with Gasteiger partial charge < -0.3 is 5.11 Å². The Morgan fingerprint density at radius 2 is 1.85 bits per heavy atom. The van der Waals surface area contributed by atoms with Crippen molar-refractivity contribution in [2.75, 3.05) is 0 Å². The number of rotatable bonds is 4. The van der Waals surface area contributed by atoms with Gasteiger partial charge in [-0.15, -0.1) is 32.9 Å². The molecule has 5 rings (SSSR count). The summed E-state index contributed by atoms with van der Waals surface area (Å²) in [5, 5.41) is 30.7. The Bertz CT molecular complexity index is 1500. The topological polar surface area (TPSA) is 104 Å². The molecule has 0 bridgehead atoms. The molecular formula is C25H21N5O2S2. The molecule has 9 heteroatoms. The largest absolute Gasteiger partial charge is 0.481 e. The zero-order chi connectivity index (χ0) is 24.1. The SMILES string of the molecule is Cc1sc2c(c1C)C(c1ccc(-c3ccsc3C#N)cc1)=N[C@@H](C(C)C(=O)O)c1nnc(C)n1-2. The molecule has 1 aliphatic rings. The molecule has 1 aliphatic heterocycles. The summed E-state index contributed by atoms with van der Waals surface area (Å²) in [7, 11) is 0. The Hall–Kier alpha value is -3.61. The van der Waals surface area contributed by atoms with Crippen LogP contribution in [0.2, 0.25) is 0 Å². The average Bonchev–Trinajstić information content (AvgIpc) is 3.50. The van der Waals surface area contributed by atoms with Gasteiger partial charge >= 0.3 is 5.97 Å². The summed E-state index contributed by atoms with van der Waals surface area (Å²) < 4.78 is 1.96. The number of hydrogen-bond acceptors (Lipinski definition) is 7. The van der Waals surface area contributed by atoms with Gasteiger partial charge in [-0.3, -0.25) is 14.4 Å². The van der Waals surface area contributed by atoms with Crippen molar-refractivity contribution < 1.29 is 9.90 Å². The second-order valence-electron chi connectivity index (χ2n) is 8.31. The molecule has 0 aliphatic carbocycles. The minimum atomic E-state index is -0.935. The van der Waals surface area contributed by atoms with E-state index in [1.807, 2.05) is 47.2 Å². The number of nitriles is 1. The van der Waals surface area contributed by atoms with Crippen molar-refractivity contribution in [1.29, 1.82) is 5.26 Å². The van der Waals surface area contributed by atoms with E-state index in [-0.39, 0.29) is 0 Å². The highest BCUT2D eigenvalue weighted by molar-refractivity contribution is 7.15. The Morgan fingerprint density at radius 3 is 2.53 bits per heavy atom. The molecule has 0 radical (unpaired) electrons. The van der Waals surface area contributed by atoms with Crippen LogP contribution in [-0.2, 0) is 4.79 Å². The Balaban J connectivity index is 1.72. The minimum absolute atomic E-state index is 0.540. The molecular weight excluding hydrogens is 466 g/mol. The van der Waals surface area contributed by atoms with E-state index in [0.29, 0.717) is 16.5 Å². The van der Waals surface area contributed by atoms with Crippen LogP contribution in [0.15, 0.2) is 40.7 Å². The summed E-state index contributed by atoms with van der Waals surface area (Å²) in [6.45, 7) is 7.68. The molecule has 4 aromatic rings. The highest BCUT2D eigenvalue weighted by Gasteiger charge is 2.36. The summed E-state index contributed by atoms with van der Waals surface area (Å²) in [6, 6.07) is 11.5. The number of carbonyl (C=O) groups is 1. The first kappa shape index (κ1) is 22.2. The Kier molecular flexibility index (Phi) is 5.42.